The summed E-state index contributed by atoms with van der Waals surface area (Å²) in [6.45, 7) is 5.91. The van der Waals surface area contributed by atoms with Crippen LogP contribution in [-0.2, 0) is 16.1 Å². The second-order valence-corrected chi connectivity index (χ2v) is 7.85. The first kappa shape index (κ1) is 26.7. The van der Waals surface area contributed by atoms with Gasteiger partial charge < -0.3 is 20.2 Å². The summed E-state index contributed by atoms with van der Waals surface area (Å²) in [6, 6.07) is 10.9. The molecule has 2 aromatic carbocycles. The van der Waals surface area contributed by atoms with Gasteiger partial charge in [-0.25, -0.2) is 14.5 Å². The fourth-order valence-electron chi connectivity index (χ4n) is 2.95. The minimum atomic E-state index is -0.764. The number of amides is 4. The third-order valence-electron chi connectivity index (χ3n) is 4.76. The number of imide groups is 1. The minimum Gasteiger partial charge on any atom is -0.494 e. The molecule has 0 unspecified atom stereocenters. The Morgan fingerprint density at radius 1 is 1.09 bits per heavy atom. The molecule has 2 aromatic rings. The number of urea groups is 2. The number of hydrazine groups is 2. The number of methoxy groups -OCH3 is 1. The van der Waals surface area contributed by atoms with Gasteiger partial charge in [0.1, 0.15) is 5.75 Å². The first-order chi connectivity index (χ1) is 16.2. The minimum absolute atomic E-state index is 0.170. The van der Waals surface area contributed by atoms with Crippen LogP contribution in [0.25, 0.3) is 0 Å². The molecule has 0 fully saturated rings. The van der Waals surface area contributed by atoms with E-state index in [1.807, 2.05) is 19.9 Å². The molecule has 0 saturated heterocycles. The predicted molar refractivity (Wildman–Crippen MR) is 129 cm³/mol. The van der Waals surface area contributed by atoms with Crippen LogP contribution in [0.5, 0.6) is 5.75 Å². The number of carbonyl (C=O) groups is 3. The van der Waals surface area contributed by atoms with Crippen molar-refractivity contribution in [3.8, 4) is 5.75 Å². The number of benzene rings is 2. The molecule has 0 radical (unpaired) electrons. The smallest absolute Gasteiger partial charge is 0.341 e. The molecule has 0 aromatic heterocycles. The lowest BCUT2D eigenvalue weighted by Gasteiger charge is -2.24. The molecule has 11 heteroatoms. The number of hydrogen-bond donors (Lipinski definition) is 4. The fraction of sp³-hybridized carbons (Fsp3) is 0.348. The topological polar surface area (TPSA) is 121 Å². The molecule has 0 aliphatic carbocycles. The zero-order valence-corrected chi connectivity index (χ0v) is 20.4. The van der Waals surface area contributed by atoms with Crippen LogP contribution in [0.3, 0.4) is 0 Å². The number of carbonyl (C=O) groups excluding carboxylic acids is 3. The molecule has 2 rings (SSSR count). The second kappa shape index (κ2) is 13.3. The maximum Gasteiger partial charge on any atom is 0.341 e. The van der Waals surface area contributed by atoms with E-state index >= 15 is 0 Å². The van der Waals surface area contributed by atoms with Crippen LogP contribution in [0.15, 0.2) is 42.5 Å². The van der Waals surface area contributed by atoms with E-state index in [2.05, 4.69) is 21.7 Å². The number of anilines is 1. The number of nitrogens with one attached hydrogen (secondary N) is 4. The number of halogens is 1. The summed E-state index contributed by atoms with van der Waals surface area (Å²) >= 11 is 5.88. The number of nitrogens with zero attached hydrogens (tertiary/aromatic N) is 1. The Labute approximate surface area is 203 Å². The number of esters is 1. The van der Waals surface area contributed by atoms with Crippen LogP contribution in [0.1, 0.15) is 25.0 Å². The van der Waals surface area contributed by atoms with Crippen molar-refractivity contribution in [2.24, 2.45) is 5.92 Å². The molecule has 0 heterocycles. The molecule has 184 valence electrons. The maximum atomic E-state index is 12.8. The highest BCUT2D eigenvalue weighted by atomic mass is 35.5. The van der Waals surface area contributed by atoms with Gasteiger partial charge in [-0.1, -0.05) is 30.7 Å². The molecule has 0 aliphatic rings. The summed E-state index contributed by atoms with van der Waals surface area (Å²) in [5.41, 5.74) is 10.2. The summed E-state index contributed by atoms with van der Waals surface area (Å²) in [4.78, 5) is 38.2. The van der Waals surface area contributed by atoms with Gasteiger partial charge in [0.2, 0.25) is 0 Å². The Balaban J connectivity index is 2.00. The van der Waals surface area contributed by atoms with Gasteiger partial charge in [-0.15, -0.1) is 5.53 Å². The third kappa shape index (κ3) is 8.13. The van der Waals surface area contributed by atoms with E-state index in [0.717, 1.165) is 21.8 Å². The van der Waals surface area contributed by atoms with E-state index < -0.39 is 23.9 Å². The molecule has 0 bridgehead atoms. The predicted octanol–water partition coefficient (Wildman–Crippen LogP) is 3.61. The van der Waals surface area contributed by atoms with Gasteiger partial charge in [-0.05, 0) is 55.3 Å². The quantitative estimate of drug-likeness (QED) is 0.296. The van der Waals surface area contributed by atoms with Gasteiger partial charge in [0.25, 0.3) is 0 Å². The lowest BCUT2D eigenvalue weighted by molar-refractivity contribution is -0.144. The van der Waals surface area contributed by atoms with E-state index in [1.54, 1.807) is 43.3 Å². The first-order valence-corrected chi connectivity index (χ1v) is 11.0. The van der Waals surface area contributed by atoms with Gasteiger partial charge in [0, 0.05) is 18.1 Å². The van der Waals surface area contributed by atoms with Crippen molar-refractivity contribution in [1.82, 2.24) is 21.2 Å². The van der Waals surface area contributed by atoms with Crippen LogP contribution < -0.4 is 26.4 Å². The van der Waals surface area contributed by atoms with Crippen molar-refractivity contribution in [1.29, 1.82) is 0 Å². The van der Waals surface area contributed by atoms with Crippen LogP contribution >= 0.6 is 11.6 Å². The summed E-state index contributed by atoms with van der Waals surface area (Å²) in [7, 11) is 1.24. The summed E-state index contributed by atoms with van der Waals surface area (Å²) in [5, 5.41) is 3.24. The number of hydrogen-bond acceptors (Lipinski definition) is 7. The molecular formula is C23H30ClN5O5. The highest BCUT2D eigenvalue weighted by Crippen LogP contribution is 2.21. The molecule has 4 amide bonds. The first-order valence-electron chi connectivity index (χ1n) is 10.7. The van der Waals surface area contributed by atoms with Crippen molar-refractivity contribution >= 4 is 35.3 Å². The van der Waals surface area contributed by atoms with Crippen molar-refractivity contribution < 1.29 is 23.9 Å². The Morgan fingerprint density at radius 2 is 1.79 bits per heavy atom. The lowest BCUT2D eigenvalue weighted by atomic mass is 10.2. The van der Waals surface area contributed by atoms with Gasteiger partial charge in [0.15, 0.2) is 0 Å². The highest BCUT2D eigenvalue weighted by molar-refractivity contribution is 6.30. The van der Waals surface area contributed by atoms with Crippen LogP contribution in [0.2, 0.25) is 5.02 Å². The number of ether oxygens (including phenoxy) is 2. The zero-order valence-electron chi connectivity index (χ0n) is 19.6. The van der Waals surface area contributed by atoms with Crippen LogP contribution in [0, 0.1) is 12.8 Å². The Bertz CT molecular complexity index is 986. The average Bonchev–Trinajstić information content (AvgIpc) is 2.82. The number of aryl methyl sites for hydroxylation is 1. The molecular weight excluding hydrogens is 462 g/mol. The number of rotatable bonds is 10. The largest absolute Gasteiger partial charge is 0.494 e. The average molecular weight is 492 g/mol. The van der Waals surface area contributed by atoms with Crippen molar-refractivity contribution in [2.45, 2.75) is 27.3 Å². The molecule has 0 spiro atoms. The van der Waals surface area contributed by atoms with Crippen molar-refractivity contribution in [2.75, 3.05) is 25.7 Å². The molecule has 0 saturated carbocycles. The van der Waals surface area contributed by atoms with E-state index in [1.165, 1.54) is 7.11 Å². The highest BCUT2D eigenvalue weighted by Gasteiger charge is 2.26. The summed E-state index contributed by atoms with van der Waals surface area (Å²) in [6.07, 6.45) is 0. The summed E-state index contributed by atoms with van der Waals surface area (Å²) in [5.74, 6) is -0.504. The molecule has 10 nitrogen and oxygen atoms in total. The van der Waals surface area contributed by atoms with Gasteiger partial charge >= 0.3 is 18.0 Å². The monoisotopic (exact) mass is 491 g/mol. The normalized spacial score (nSPS) is 11.2. The second-order valence-electron chi connectivity index (χ2n) is 7.41. The van der Waals surface area contributed by atoms with Gasteiger partial charge in [-0.3, -0.25) is 10.2 Å². The molecule has 1 atom stereocenters. The van der Waals surface area contributed by atoms with Gasteiger partial charge in [-0.2, -0.15) is 0 Å². The van der Waals surface area contributed by atoms with E-state index in [0.29, 0.717) is 17.3 Å². The van der Waals surface area contributed by atoms with Gasteiger partial charge in [0.05, 0.1) is 25.3 Å². The Kier molecular flexibility index (Phi) is 10.4. The van der Waals surface area contributed by atoms with Crippen molar-refractivity contribution in [3.05, 3.63) is 58.6 Å². The summed E-state index contributed by atoms with van der Waals surface area (Å²) < 4.78 is 10.2. The standard InChI is InChI=1S/C23H30ClN5O5/c1-5-34-20-11-10-19(12-15(20)2)26-28-27-23(32)29(14-16(3)21(30)33-4)22(31)25-13-17-6-8-18(24)9-7-17/h6-12,16,26,28H,5,13-14H2,1-4H3,(H,25,31)(H,27,32)/t16-/m1/s1. The maximum absolute atomic E-state index is 12.8. The molecule has 4 N–H and O–H groups in total. The van der Waals surface area contributed by atoms with E-state index in [-0.39, 0.29) is 13.1 Å². The fourth-order valence-corrected chi connectivity index (χ4v) is 3.08. The Morgan fingerprint density at radius 3 is 2.41 bits per heavy atom. The molecule has 34 heavy (non-hydrogen) atoms. The van der Waals surface area contributed by atoms with Crippen molar-refractivity contribution in [3.63, 3.8) is 0 Å². The lowest BCUT2D eigenvalue weighted by Crippen LogP contribution is -2.54. The van der Waals surface area contributed by atoms with E-state index in [9.17, 15) is 14.4 Å². The SMILES string of the molecule is CCOc1ccc(NNNC(=O)N(C[C@@H](C)C(=O)OC)C(=O)NCc2ccc(Cl)cc2)cc1C. The third-order valence-corrected chi connectivity index (χ3v) is 5.01. The zero-order chi connectivity index (χ0) is 25.1. The molecule has 0 aliphatic heterocycles. The van der Waals surface area contributed by atoms with E-state index in [4.69, 9.17) is 21.1 Å². The van der Waals surface area contributed by atoms with Crippen LogP contribution in [0.4, 0.5) is 15.3 Å². The van der Waals surface area contributed by atoms with Crippen LogP contribution in [-0.4, -0.2) is 43.2 Å². The Hall–Kier alpha value is -3.50.